The maximum atomic E-state index is 12.7. The van der Waals surface area contributed by atoms with Gasteiger partial charge < -0.3 is 50.5 Å². The maximum absolute atomic E-state index is 12.7. The molecule has 24 heteroatoms. The van der Waals surface area contributed by atoms with E-state index in [0.717, 1.165) is 65.5 Å². The quantitative estimate of drug-likeness (QED) is 0.0207. The van der Waals surface area contributed by atoms with Gasteiger partial charge in [-0.05, 0) is 191 Å². The molecule has 0 aliphatic heterocycles. The first-order valence-corrected chi connectivity index (χ1v) is 47.4. The number of hydrogen-bond acceptors (Lipinski definition) is 14. The molecule has 0 spiro atoms. The molecule has 0 heterocycles. The zero-order valence-electron chi connectivity index (χ0n) is 67.6. The van der Waals surface area contributed by atoms with E-state index >= 15 is 0 Å². The van der Waals surface area contributed by atoms with E-state index in [1.807, 2.05) is 169 Å². The van der Waals surface area contributed by atoms with Crippen LogP contribution in [0, 0.1) is 0 Å². The molecule has 0 radical (unpaired) electrons. The Balaban J connectivity index is 0.000000669. The van der Waals surface area contributed by atoms with Gasteiger partial charge in [0.2, 0.25) is 0 Å². The van der Waals surface area contributed by atoms with Crippen molar-refractivity contribution in [2.24, 2.45) is 0 Å². The van der Waals surface area contributed by atoms with Gasteiger partial charge in [-0.2, -0.15) is 0 Å². The summed E-state index contributed by atoms with van der Waals surface area (Å²) in [6.45, 7) is 42.4. The van der Waals surface area contributed by atoms with Crippen molar-refractivity contribution in [3.63, 3.8) is 0 Å². The van der Waals surface area contributed by atoms with Crippen molar-refractivity contribution in [1.29, 1.82) is 0 Å². The molecule has 0 aromatic heterocycles. The van der Waals surface area contributed by atoms with Crippen molar-refractivity contribution in [2.45, 2.75) is 196 Å². The van der Waals surface area contributed by atoms with E-state index in [0.29, 0.717) is 126 Å². The monoisotopic (exact) mass is 1640 g/mol. The Bertz CT molecular complexity index is 3630. The van der Waals surface area contributed by atoms with Crippen LogP contribution in [0.1, 0.15) is 232 Å². The molecular formula is C85H128BClO16P6. The Morgan fingerprint density at radius 2 is 0.642 bits per heavy atom. The van der Waals surface area contributed by atoms with Crippen LogP contribution in [-0.4, -0.2) is 76.1 Å². The van der Waals surface area contributed by atoms with Crippen molar-refractivity contribution in [1.82, 2.24) is 0 Å². The topological polar surface area (TPSA) is 209 Å². The van der Waals surface area contributed by atoms with E-state index in [1.54, 1.807) is 6.08 Å². The molecule has 0 aliphatic rings. The van der Waals surface area contributed by atoms with Gasteiger partial charge in [0.1, 0.15) is 0 Å². The third-order valence-corrected chi connectivity index (χ3v) is 25.5. The van der Waals surface area contributed by atoms with Crippen molar-refractivity contribution in [3.05, 3.63) is 262 Å². The van der Waals surface area contributed by atoms with Crippen LogP contribution in [0.5, 0.6) is 0 Å². The van der Waals surface area contributed by atoms with E-state index in [4.69, 9.17) is 66.8 Å². The number of hydrogen-bond donors (Lipinski definition) is 2. The summed E-state index contributed by atoms with van der Waals surface area (Å²) in [6, 6.07) is 61.3. The number of alkyl halides is 1. The van der Waals surface area contributed by atoms with E-state index in [-0.39, 0.29) is 6.16 Å². The second kappa shape index (κ2) is 60.1. The molecule has 0 aliphatic carbocycles. The first kappa shape index (κ1) is 103. The Hall–Kier alpha value is -4.49. The summed E-state index contributed by atoms with van der Waals surface area (Å²) in [5, 5.41) is 0. The standard InChI is InChI=1S/C23H33O3P.C19H25O3P.C15H25O3P.C13H19O3P.C9H9Cl.C6H15O3P.BH2OP/c1-5-21(17-19(4)22-11-9-8-10-12-22)23-15-13-20(14-16-23)18-27(24,25-6-2)26-7-3;1-3-17(13-15(2)18-7-5-4-6-8-18)19-11-9-16(10-12-19)14-23(20,21)22;1-5-13(4)15-10-8-14(9-11-15)12-19(16,17-6-2)18-7-3;1-4-12-7-9-13(10-8-12)11-17(14,15-5-2)16-6-3;1-2-8-3-5-9(7-10)6-4-8;1-4-7-10(8-5-2)9-6-3;2-1-3/h8-16,19,21H,5-7,17-18H2,1-4H3;4-12,15,17H,3,13-14H2,1-2H3,(H2,20,21,22);8-11,13H,5-7,12H2,1-4H3;4,7-10H,1,5-6,11H2,2-3H3;2-6H,1,7H2;4-6H2,1-3H3;3H2. The third kappa shape index (κ3) is 44.7. The molecule has 0 amide bonds. The minimum absolute atomic E-state index is 0.190. The third-order valence-electron chi connectivity index (χ3n) is 16.8. The summed E-state index contributed by atoms with van der Waals surface area (Å²) in [5.74, 6) is 3.11. The van der Waals surface area contributed by atoms with Gasteiger partial charge in [0, 0.05) is 5.88 Å². The summed E-state index contributed by atoms with van der Waals surface area (Å²) < 4.78 is 105. The molecule has 0 bridgehead atoms. The van der Waals surface area contributed by atoms with Crippen LogP contribution in [0.2, 0.25) is 0 Å². The van der Waals surface area contributed by atoms with Crippen molar-refractivity contribution in [2.75, 3.05) is 59.5 Å². The van der Waals surface area contributed by atoms with E-state index in [9.17, 15) is 18.3 Å². The summed E-state index contributed by atoms with van der Waals surface area (Å²) in [5.41, 5.74) is 13.6. The first-order chi connectivity index (χ1) is 52.2. The second-order valence-electron chi connectivity index (χ2n) is 25.1. The average Bonchev–Trinajstić information content (AvgIpc) is 0.866. The van der Waals surface area contributed by atoms with Crippen molar-refractivity contribution in [3.8, 4) is 0 Å². The van der Waals surface area contributed by atoms with Gasteiger partial charge in [-0.3, -0.25) is 18.3 Å². The van der Waals surface area contributed by atoms with Gasteiger partial charge in [0.25, 0.3) is 0 Å². The van der Waals surface area contributed by atoms with Gasteiger partial charge in [0.15, 0.2) is 0 Å². The predicted molar refractivity (Wildman–Crippen MR) is 463 cm³/mol. The molecule has 6 unspecified atom stereocenters. The molecule has 6 atom stereocenters. The van der Waals surface area contributed by atoms with E-state index in [2.05, 4.69) is 146 Å². The molecule has 604 valence electrons. The van der Waals surface area contributed by atoms with Crippen LogP contribution in [0.3, 0.4) is 0 Å². The van der Waals surface area contributed by atoms with Crippen molar-refractivity contribution < 1.29 is 73.5 Å². The van der Waals surface area contributed by atoms with Crippen LogP contribution in [-0.2, 0) is 94.2 Å². The van der Waals surface area contributed by atoms with Gasteiger partial charge in [-0.25, -0.2) is 0 Å². The van der Waals surface area contributed by atoms with Crippen LogP contribution in [0.4, 0.5) is 0 Å². The van der Waals surface area contributed by atoms with Crippen LogP contribution < -0.4 is 0 Å². The van der Waals surface area contributed by atoms with Crippen molar-refractivity contribution >= 4 is 78.7 Å². The molecule has 0 saturated carbocycles. The number of rotatable bonds is 41. The molecule has 0 saturated heterocycles. The number of benzene rings is 7. The normalized spacial score (nSPS) is 12.6. The summed E-state index contributed by atoms with van der Waals surface area (Å²) in [6.07, 6.45) is 9.84. The molecule has 0 fully saturated rings. The second-order valence-corrected chi connectivity index (χ2v) is 34.7. The molecule has 7 aromatic rings. The van der Waals surface area contributed by atoms with Crippen LogP contribution in [0.25, 0.3) is 12.2 Å². The fraction of sp³-hybridized carbons (Fsp3) is 0.459. The zero-order valence-corrected chi connectivity index (χ0v) is 74.0. The van der Waals surface area contributed by atoms with Gasteiger partial charge in [-0.15, -0.1) is 11.6 Å². The Labute approximate surface area is 665 Å². The SMILES string of the molecule is C=Cc1ccc(CCl)cc1.C=Cc1ccc(CP(=O)(OCC)OCC)cc1.CCC(CC(C)c1ccccc1)c1ccc(CP(=O)(O)O)cc1.CCOP(=O)(Cc1ccc(C(C)CC)cc1)OCC.CCOP(=O)(Cc1ccc(C(CC)CC(C)c2ccccc2)cc1)OCC.CCOP(OCC)OCC.O=BP. The molecular weight excluding hydrogens is 1510 g/mol. The van der Waals surface area contributed by atoms with Gasteiger partial charge in [-0.1, -0.05) is 249 Å². The van der Waals surface area contributed by atoms with Gasteiger partial charge >= 0.3 is 59.7 Å². The van der Waals surface area contributed by atoms with E-state index < -0.39 is 39.0 Å². The Morgan fingerprint density at radius 3 is 0.881 bits per heavy atom. The summed E-state index contributed by atoms with van der Waals surface area (Å²) in [7, 11) is -12.2. The summed E-state index contributed by atoms with van der Waals surface area (Å²) in [4.78, 5) is 18.1. The van der Waals surface area contributed by atoms with Crippen LogP contribution >= 0.6 is 59.7 Å². The molecule has 7 rings (SSSR count). The fourth-order valence-corrected chi connectivity index (χ4v) is 18.0. The molecule has 2 N–H and O–H groups in total. The predicted octanol–water partition coefficient (Wildman–Crippen LogP) is 26.5. The molecule has 109 heavy (non-hydrogen) atoms. The Kier molecular flexibility index (Phi) is 56.6. The van der Waals surface area contributed by atoms with E-state index in [1.165, 1.54) is 27.8 Å². The van der Waals surface area contributed by atoms with Crippen LogP contribution in [0.15, 0.2) is 195 Å². The first-order valence-electron chi connectivity index (χ1n) is 38.1. The zero-order chi connectivity index (χ0) is 81.5. The van der Waals surface area contributed by atoms with Gasteiger partial charge in [0.05, 0.1) is 84.1 Å². The minimum atomic E-state index is -4.00. The molecule has 7 aromatic carbocycles. The molecule has 16 nitrogen and oxygen atoms in total. The average molecular weight is 1640 g/mol. The Morgan fingerprint density at radius 1 is 0.385 bits per heavy atom. The number of halogens is 1. The summed E-state index contributed by atoms with van der Waals surface area (Å²) >= 11 is 5.60. The fourth-order valence-electron chi connectivity index (χ4n) is 11.1.